The molecule has 8 nitrogen and oxygen atoms in total. The lowest BCUT2D eigenvalue weighted by molar-refractivity contribution is -0.140. The fourth-order valence-electron chi connectivity index (χ4n) is 4.25. The van der Waals surface area contributed by atoms with E-state index in [1.807, 2.05) is 6.92 Å². The van der Waals surface area contributed by atoms with Gasteiger partial charge in [-0.25, -0.2) is 0 Å². The number of amides is 4. The number of carbonyl (C=O) groups excluding carboxylic acids is 4. The van der Waals surface area contributed by atoms with Gasteiger partial charge in [-0.05, 0) is 61.7 Å². The maximum Gasteiger partial charge on any atom is 0.279 e. The molecule has 0 atom stereocenters. The number of anilines is 2. The molecule has 176 valence electrons. The summed E-state index contributed by atoms with van der Waals surface area (Å²) in [5.74, 6) is -1.85. The van der Waals surface area contributed by atoms with Crippen molar-refractivity contribution in [3.63, 3.8) is 0 Å². The number of hydrogen-bond donors (Lipinski definition) is 3. The largest absolute Gasteiger partial charge is 0.366 e. The van der Waals surface area contributed by atoms with Crippen molar-refractivity contribution in [1.82, 2.24) is 4.90 Å². The molecule has 0 aromatic heterocycles. The summed E-state index contributed by atoms with van der Waals surface area (Å²) in [6.45, 7) is 1.82. The Labute approximate surface area is 202 Å². The van der Waals surface area contributed by atoms with E-state index in [4.69, 9.17) is 17.3 Å². The van der Waals surface area contributed by atoms with Crippen molar-refractivity contribution in [3.8, 4) is 0 Å². The Balaban J connectivity index is 1.51. The SMILES string of the molecule is Cc1ccc(C(=O)Nc2ccc(C(N)=O)cc2)cc1NC1=C(Cl)C(=O)N(C2CCCCC2)C1=O. The molecule has 1 aliphatic carbocycles. The van der Waals surface area contributed by atoms with Crippen LogP contribution >= 0.6 is 11.6 Å². The minimum atomic E-state index is -0.554. The minimum absolute atomic E-state index is 0.0277. The summed E-state index contributed by atoms with van der Waals surface area (Å²) in [5.41, 5.74) is 7.71. The monoisotopic (exact) mass is 480 g/mol. The number of halogens is 1. The normalized spacial score (nSPS) is 16.7. The molecular formula is C25H25ClN4O4. The van der Waals surface area contributed by atoms with Crippen molar-refractivity contribution in [2.75, 3.05) is 10.6 Å². The molecule has 4 N–H and O–H groups in total. The Hall–Kier alpha value is -3.65. The molecule has 4 amide bonds. The fraction of sp³-hybridized carbons (Fsp3) is 0.280. The van der Waals surface area contributed by atoms with E-state index in [2.05, 4.69) is 10.6 Å². The quantitative estimate of drug-likeness (QED) is 0.541. The third-order valence-electron chi connectivity index (χ3n) is 6.19. The van der Waals surface area contributed by atoms with Gasteiger partial charge in [-0.15, -0.1) is 0 Å². The van der Waals surface area contributed by atoms with E-state index < -0.39 is 17.7 Å². The van der Waals surface area contributed by atoms with E-state index in [1.54, 1.807) is 30.3 Å². The minimum Gasteiger partial charge on any atom is -0.366 e. The van der Waals surface area contributed by atoms with Gasteiger partial charge >= 0.3 is 0 Å². The first kappa shape index (κ1) is 23.5. The number of primary amides is 1. The molecule has 2 aromatic carbocycles. The number of nitrogens with two attached hydrogens (primary N) is 1. The molecule has 9 heteroatoms. The van der Waals surface area contributed by atoms with Gasteiger partial charge in [0.15, 0.2) is 0 Å². The average molecular weight is 481 g/mol. The molecule has 0 saturated heterocycles. The highest BCUT2D eigenvalue weighted by Crippen LogP contribution is 2.33. The van der Waals surface area contributed by atoms with Crippen LogP contribution < -0.4 is 16.4 Å². The van der Waals surface area contributed by atoms with Crippen LogP contribution in [0.5, 0.6) is 0 Å². The summed E-state index contributed by atoms with van der Waals surface area (Å²) >= 11 is 6.28. The van der Waals surface area contributed by atoms with E-state index in [0.29, 0.717) is 22.5 Å². The number of rotatable bonds is 6. The molecular weight excluding hydrogens is 456 g/mol. The predicted octanol–water partition coefficient (Wildman–Crippen LogP) is 3.91. The molecule has 1 fully saturated rings. The zero-order chi connectivity index (χ0) is 24.4. The molecule has 2 aliphatic rings. The molecule has 0 unspecified atom stereocenters. The molecule has 1 heterocycles. The maximum absolute atomic E-state index is 13.1. The van der Waals surface area contributed by atoms with Crippen molar-refractivity contribution in [2.45, 2.75) is 45.1 Å². The van der Waals surface area contributed by atoms with E-state index in [1.165, 1.54) is 17.0 Å². The van der Waals surface area contributed by atoms with Gasteiger partial charge in [-0.2, -0.15) is 0 Å². The Morgan fingerprint density at radius 3 is 2.26 bits per heavy atom. The van der Waals surface area contributed by atoms with Crippen LogP contribution in [-0.2, 0) is 9.59 Å². The lowest BCUT2D eigenvalue weighted by Crippen LogP contribution is -2.42. The number of imide groups is 1. The van der Waals surface area contributed by atoms with E-state index in [-0.39, 0.29) is 22.7 Å². The van der Waals surface area contributed by atoms with Crippen molar-refractivity contribution < 1.29 is 19.2 Å². The third kappa shape index (κ3) is 4.68. The molecule has 0 bridgehead atoms. The number of benzene rings is 2. The lowest BCUT2D eigenvalue weighted by atomic mass is 9.94. The van der Waals surface area contributed by atoms with Crippen LogP contribution in [0.15, 0.2) is 53.2 Å². The van der Waals surface area contributed by atoms with Crippen LogP contribution in [0.3, 0.4) is 0 Å². The van der Waals surface area contributed by atoms with Crippen molar-refractivity contribution in [3.05, 3.63) is 69.9 Å². The molecule has 0 radical (unpaired) electrons. The predicted molar refractivity (Wildman–Crippen MR) is 129 cm³/mol. The van der Waals surface area contributed by atoms with Crippen LogP contribution in [-0.4, -0.2) is 34.6 Å². The van der Waals surface area contributed by atoms with Crippen molar-refractivity contribution in [1.29, 1.82) is 0 Å². The lowest BCUT2D eigenvalue weighted by Gasteiger charge is -2.29. The first-order valence-corrected chi connectivity index (χ1v) is 11.5. The number of carbonyl (C=O) groups is 4. The number of aryl methyl sites for hydroxylation is 1. The van der Waals surface area contributed by atoms with Gasteiger partial charge < -0.3 is 16.4 Å². The standard InChI is InChI=1S/C25H25ClN4O4/c1-14-7-8-16(23(32)28-17-11-9-15(10-12-17)22(27)31)13-19(14)29-21-20(26)24(33)30(25(21)34)18-5-3-2-4-6-18/h7-13,18,29H,2-6H2,1H3,(H2,27,31)(H,28,32). The fourth-order valence-corrected chi connectivity index (χ4v) is 4.47. The molecule has 1 saturated carbocycles. The highest BCUT2D eigenvalue weighted by molar-refractivity contribution is 6.48. The van der Waals surface area contributed by atoms with E-state index >= 15 is 0 Å². The molecule has 34 heavy (non-hydrogen) atoms. The highest BCUT2D eigenvalue weighted by Gasteiger charge is 2.42. The second kappa shape index (κ2) is 9.69. The van der Waals surface area contributed by atoms with Gasteiger partial charge in [0.1, 0.15) is 10.7 Å². The molecule has 1 aliphatic heterocycles. The summed E-state index contributed by atoms with van der Waals surface area (Å²) < 4.78 is 0. The Morgan fingerprint density at radius 1 is 0.971 bits per heavy atom. The Morgan fingerprint density at radius 2 is 1.62 bits per heavy atom. The van der Waals surface area contributed by atoms with Gasteiger partial charge in [0.2, 0.25) is 5.91 Å². The van der Waals surface area contributed by atoms with Crippen molar-refractivity contribution >= 4 is 46.6 Å². The summed E-state index contributed by atoms with van der Waals surface area (Å²) in [5, 5.41) is 5.61. The van der Waals surface area contributed by atoms with E-state index in [0.717, 1.165) is 37.7 Å². The van der Waals surface area contributed by atoms with E-state index in [9.17, 15) is 19.2 Å². The van der Waals surface area contributed by atoms with Crippen LogP contribution in [0.1, 0.15) is 58.4 Å². The van der Waals surface area contributed by atoms with Gasteiger partial charge in [0, 0.05) is 28.5 Å². The van der Waals surface area contributed by atoms with Crippen molar-refractivity contribution in [2.24, 2.45) is 5.73 Å². The first-order chi connectivity index (χ1) is 16.3. The second-order valence-corrected chi connectivity index (χ2v) is 8.89. The number of hydrogen-bond acceptors (Lipinski definition) is 5. The Kier molecular flexibility index (Phi) is 6.70. The third-order valence-corrected chi connectivity index (χ3v) is 6.54. The molecule has 0 spiro atoms. The highest BCUT2D eigenvalue weighted by atomic mass is 35.5. The van der Waals surface area contributed by atoms with Gasteiger partial charge in [0.25, 0.3) is 17.7 Å². The molecule has 4 rings (SSSR count). The van der Waals surface area contributed by atoms with Crippen LogP contribution in [0.4, 0.5) is 11.4 Å². The second-order valence-electron chi connectivity index (χ2n) is 8.51. The number of nitrogens with one attached hydrogen (secondary N) is 2. The van der Waals surface area contributed by atoms with Crippen LogP contribution in [0.25, 0.3) is 0 Å². The maximum atomic E-state index is 13.1. The average Bonchev–Trinajstić information content (AvgIpc) is 3.04. The van der Waals surface area contributed by atoms with Crippen LogP contribution in [0.2, 0.25) is 0 Å². The molecule has 2 aromatic rings. The first-order valence-electron chi connectivity index (χ1n) is 11.1. The topological polar surface area (TPSA) is 122 Å². The summed E-state index contributed by atoms with van der Waals surface area (Å²) in [6.07, 6.45) is 4.61. The van der Waals surface area contributed by atoms with Gasteiger partial charge in [0.05, 0.1) is 0 Å². The van der Waals surface area contributed by atoms with Crippen LogP contribution in [0, 0.1) is 6.92 Å². The van der Waals surface area contributed by atoms with Gasteiger partial charge in [-0.1, -0.05) is 36.9 Å². The summed E-state index contributed by atoms with van der Waals surface area (Å²) in [4.78, 5) is 51.0. The number of nitrogens with zero attached hydrogens (tertiary/aromatic N) is 1. The smallest absolute Gasteiger partial charge is 0.279 e. The zero-order valence-corrected chi connectivity index (χ0v) is 19.4. The van der Waals surface area contributed by atoms with Gasteiger partial charge in [-0.3, -0.25) is 24.1 Å². The summed E-state index contributed by atoms with van der Waals surface area (Å²) in [7, 11) is 0. The zero-order valence-electron chi connectivity index (χ0n) is 18.7. The summed E-state index contributed by atoms with van der Waals surface area (Å²) in [6, 6.07) is 11.1. The Bertz CT molecular complexity index is 1200.